The minimum absolute atomic E-state index is 0.307. The fourth-order valence-electron chi connectivity index (χ4n) is 1.97. The Morgan fingerprint density at radius 3 is 2.70 bits per heavy atom. The Morgan fingerprint density at radius 1 is 1.22 bits per heavy atom. The number of hydrazine groups is 1. The summed E-state index contributed by atoms with van der Waals surface area (Å²) in [5.41, 5.74) is 7.90. The number of amides is 1. The number of aryl methyl sites for hydroxylation is 1. The molecule has 0 unspecified atom stereocenters. The quantitative estimate of drug-likeness (QED) is 0.630. The van der Waals surface area contributed by atoms with E-state index >= 15 is 0 Å². The highest BCUT2D eigenvalue weighted by Gasteiger charge is 2.12. The highest BCUT2D eigenvalue weighted by molar-refractivity contribution is 7.15. The molecular weight excluding hydrogens is 310 g/mol. The summed E-state index contributed by atoms with van der Waals surface area (Å²) >= 11 is 1.64. The molecule has 0 aromatic carbocycles. The summed E-state index contributed by atoms with van der Waals surface area (Å²) in [7, 11) is 0. The molecule has 23 heavy (non-hydrogen) atoms. The van der Waals surface area contributed by atoms with Crippen LogP contribution in [0.1, 0.15) is 20.9 Å². The van der Waals surface area contributed by atoms with Crippen molar-refractivity contribution in [3.05, 3.63) is 65.4 Å². The molecule has 1 amide bonds. The van der Waals surface area contributed by atoms with Gasteiger partial charge in [-0.2, -0.15) is 5.10 Å². The molecule has 0 aliphatic heterocycles. The molecule has 3 N–H and O–H groups in total. The second-order valence-electron chi connectivity index (χ2n) is 4.87. The van der Waals surface area contributed by atoms with Gasteiger partial charge in [0.2, 0.25) is 0 Å². The maximum Gasteiger partial charge on any atom is 0.290 e. The second kappa shape index (κ2) is 6.45. The van der Waals surface area contributed by atoms with Gasteiger partial charge in [0.25, 0.3) is 5.91 Å². The summed E-state index contributed by atoms with van der Waals surface area (Å²) < 4.78 is 0. The largest absolute Gasteiger partial charge is 0.298 e. The van der Waals surface area contributed by atoms with Gasteiger partial charge in [-0.1, -0.05) is 6.58 Å². The van der Waals surface area contributed by atoms with Gasteiger partial charge in [0, 0.05) is 22.8 Å². The van der Waals surface area contributed by atoms with Gasteiger partial charge in [-0.15, -0.1) is 11.3 Å². The van der Waals surface area contributed by atoms with E-state index in [1.807, 2.05) is 19.1 Å². The normalized spacial score (nSPS) is 10.3. The standard InChI is InChI=1S/C16H15N5OS/c1-10-3-4-15(23-10)13-9-14(20-19-13)16(22)21-18-11(2)12-5-7-17-8-6-12/h3-9,18H,2H2,1H3,(H,19,20)(H,21,22). The number of hydrogen-bond acceptors (Lipinski definition) is 5. The zero-order valence-corrected chi connectivity index (χ0v) is 13.3. The van der Waals surface area contributed by atoms with Crippen LogP contribution in [0.4, 0.5) is 0 Å². The van der Waals surface area contributed by atoms with E-state index in [0.29, 0.717) is 11.4 Å². The highest BCUT2D eigenvalue weighted by Crippen LogP contribution is 2.26. The molecule has 3 aromatic heterocycles. The lowest BCUT2D eigenvalue weighted by atomic mass is 10.2. The zero-order chi connectivity index (χ0) is 16.2. The topological polar surface area (TPSA) is 82.7 Å². The van der Waals surface area contributed by atoms with Crippen LogP contribution in [-0.4, -0.2) is 21.1 Å². The maximum atomic E-state index is 12.1. The first-order chi connectivity index (χ1) is 11.1. The number of rotatable bonds is 5. The lowest BCUT2D eigenvalue weighted by Crippen LogP contribution is -2.36. The number of hydrogen-bond donors (Lipinski definition) is 3. The Balaban J connectivity index is 1.63. The van der Waals surface area contributed by atoms with Crippen LogP contribution in [0.15, 0.2) is 49.3 Å². The predicted octanol–water partition coefficient (Wildman–Crippen LogP) is 2.75. The van der Waals surface area contributed by atoms with Gasteiger partial charge in [0.05, 0.1) is 16.3 Å². The van der Waals surface area contributed by atoms with Crippen LogP contribution in [-0.2, 0) is 0 Å². The van der Waals surface area contributed by atoms with Gasteiger partial charge >= 0.3 is 0 Å². The molecule has 0 atom stereocenters. The van der Waals surface area contributed by atoms with Crippen molar-refractivity contribution in [2.24, 2.45) is 0 Å². The lowest BCUT2D eigenvalue weighted by molar-refractivity contribution is 0.0937. The molecule has 6 nitrogen and oxygen atoms in total. The van der Waals surface area contributed by atoms with Crippen molar-refractivity contribution in [2.45, 2.75) is 6.92 Å². The van der Waals surface area contributed by atoms with Crippen LogP contribution >= 0.6 is 11.3 Å². The molecule has 0 fully saturated rings. The van der Waals surface area contributed by atoms with Crippen molar-refractivity contribution in [1.82, 2.24) is 26.0 Å². The molecule has 0 saturated carbocycles. The minimum atomic E-state index is -0.337. The van der Waals surface area contributed by atoms with Crippen LogP contribution in [0.2, 0.25) is 0 Å². The molecule has 0 saturated heterocycles. The van der Waals surface area contributed by atoms with E-state index in [9.17, 15) is 4.79 Å². The minimum Gasteiger partial charge on any atom is -0.298 e. The summed E-state index contributed by atoms with van der Waals surface area (Å²) in [6.07, 6.45) is 3.32. The average Bonchev–Trinajstić information content (AvgIpc) is 3.22. The van der Waals surface area contributed by atoms with E-state index in [2.05, 4.69) is 32.6 Å². The van der Waals surface area contributed by atoms with Crippen molar-refractivity contribution in [2.75, 3.05) is 0 Å². The Bertz CT molecular complexity index is 837. The van der Waals surface area contributed by atoms with Gasteiger partial charge in [-0.3, -0.25) is 25.7 Å². The molecule has 0 aliphatic carbocycles. The Morgan fingerprint density at radius 2 is 2.00 bits per heavy atom. The van der Waals surface area contributed by atoms with Gasteiger partial charge in [0.15, 0.2) is 5.69 Å². The smallest absolute Gasteiger partial charge is 0.290 e. The maximum absolute atomic E-state index is 12.1. The third-order valence-electron chi connectivity index (χ3n) is 3.17. The predicted molar refractivity (Wildman–Crippen MR) is 90.5 cm³/mol. The Kier molecular flexibility index (Phi) is 4.20. The lowest BCUT2D eigenvalue weighted by Gasteiger charge is -2.09. The third kappa shape index (κ3) is 3.46. The zero-order valence-electron chi connectivity index (χ0n) is 12.5. The van der Waals surface area contributed by atoms with Gasteiger partial charge in [-0.25, -0.2) is 0 Å². The van der Waals surface area contributed by atoms with E-state index in [-0.39, 0.29) is 5.91 Å². The third-order valence-corrected chi connectivity index (χ3v) is 4.21. The SMILES string of the molecule is C=C(NNC(=O)c1cc(-c2ccc(C)s2)[nH]n1)c1ccncc1. The number of nitrogens with one attached hydrogen (secondary N) is 3. The van der Waals surface area contributed by atoms with E-state index in [1.165, 1.54) is 4.88 Å². The van der Waals surface area contributed by atoms with Crippen molar-refractivity contribution in [1.29, 1.82) is 0 Å². The molecular formula is C16H15N5OS. The summed E-state index contributed by atoms with van der Waals surface area (Å²) in [4.78, 5) is 18.3. The summed E-state index contributed by atoms with van der Waals surface area (Å²) in [6, 6.07) is 9.34. The Labute approximate surface area is 137 Å². The fourth-order valence-corrected chi connectivity index (χ4v) is 2.80. The van der Waals surface area contributed by atoms with Crippen LogP contribution in [0.5, 0.6) is 0 Å². The van der Waals surface area contributed by atoms with Crippen LogP contribution in [0.25, 0.3) is 16.3 Å². The van der Waals surface area contributed by atoms with E-state index in [0.717, 1.165) is 16.1 Å². The molecule has 0 aliphatic rings. The molecule has 3 heterocycles. The molecule has 0 spiro atoms. The summed E-state index contributed by atoms with van der Waals surface area (Å²) in [5, 5.41) is 6.92. The number of pyridine rings is 1. The summed E-state index contributed by atoms with van der Waals surface area (Å²) in [5.74, 6) is -0.337. The average molecular weight is 325 g/mol. The first-order valence-electron chi connectivity index (χ1n) is 6.91. The molecule has 3 aromatic rings. The molecule has 116 valence electrons. The number of carbonyl (C=O) groups is 1. The fraction of sp³-hybridized carbons (Fsp3) is 0.0625. The van der Waals surface area contributed by atoms with Crippen LogP contribution in [0, 0.1) is 6.92 Å². The monoisotopic (exact) mass is 325 g/mol. The number of aromatic amines is 1. The first-order valence-corrected chi connectivity index (χ1v) is 7.73. The van der Waals surface area contributed by atoms with Crippen molar-refractivity contribution >= 4 is 22.9 Å². The van der Waals surface area contributed by atoms with Crippen molar-refractivity contribution in [3.8, 4) is 10.6 Å². The van der Waals surface area contributed by atoms with Crippen LogP contribution < -0.4 is 10.9 Å². The van der Waals surface area contributed by atoms with E-state index in [4.69, 9.17) is 0 Å². The summed E-state index contributed by atoms with van der Waals surface area (Å²) in [6.45, 7) is 5.90. The number of carbonyl (C=O) groups excluding carboxylic acids is 1. The Hall–Kier alpha value is -2.93. The molecule has 7 heteroatoms. The van der Waals surface area contributed by atoms with Crippen molar-refractivity contribution < 1.29 is 4.79 Å². The van der Waals surface area contributed by atoms with E-state index in [1.54, 1.807) is 41.9 Å². The van der Waals surface area contributed by atoms with Gasteiger partial charge < -0.3 is 0 Å². The van der Waals surface area contributed by atoms with Gasteiger partial charge in [0.1, 0.15) is 0 Å². The van der Waals surface area contributed by atoms with Gasteiger partial charge in [-0.05, 0) is 37.3 Å². The van der Waals surface area contributed by atoms with E-state index < -0.39 is 0 Å². The molecule has 0 radical (unpaired) electrons. The number of nitrogens with zero attached hydrogens (tertiary/aromatic N) is 2. The number of aromatic nitrogens is 3. The van der Waals surface area contributed by atoms with Crippen LogP contribution in [0.3, 0.4) is 0 Å². The molecule has 0 bridgehead atoms. The highest BCUT2D eigenvalue weighted by atomic mass is 32.1. The second-order valence-corrected chi connectivity index (χ2v) is 6.16. The number of thiophene rings is 1. The van der Waals surface area contributed by atoms with Crippen molar-refractivity contribution in [3.63, 3.8) is 0 Å². The number of H-pyrrole nitrogens is 1. The first kappa shape index (κ1) is 15.0. The molecule has 3 rings (SSSR count).